The molecule has 0 spiro atoms. The molecule has 1 atom stereocenters. The molecule has 0 radical (unpaired) electrons. The summed E-state index contributed by atoms with van der Waals surface area (Å²) in [7, 11) is 1.62. The number of pyridine rings is 1. The minimum absolute atomic E-state index is 0.591. The zero-order chi connectivity index (χ0) is 17.5. The van der Waals surface area contributed by atoms with Gasteiger partial charge >= 0.3 is 0 Å². The van der Waals surface area contributed by atoms with Gasteiger partial charge in [0.1, 0.15) is 12.7 Å². The number of nitrogens with zero attached hydrogens (tertiary/aromatic N) is 4. The molecule has 0 bridgehead atoms. The van der Waals surface area contributed by atoms with E-state index < -0.39 is 0 Å². The Morgan fingerprint density at radius 2 is 2.27 bits per heavy atom. The highest BCUT2D eigenvalue weighted by atomic mass is 16.5. The van der Waals surface area contributed by atoms with Crippen LogP contribution >= 0.6 is 0 Å². The summed E-state index contributed by atoms with van der Waals surface area (Å²) < 4.78 is 5.25. The summed E-state index contributed by atoms with van der Waals surface area (Å²) in [6.07, 6.45) is 10.2. The molecular formula is C18H20N7O+. The van der Waals surface area contributed by atoms with E-state index >= 15 is 0 Å². The molecule has 0 saturated heterocycles. The lowest BCUT2D eigenvalue weighted by Crippen LogP contribution is -3.10. The van der Waals surface area contributed by atoms with Crippen molar-refractivity contribution in [2.45, 2.75) is 18.8 Å². The predicted molar refractivity (Wildman–Crippen MR) is 97.9 cm³/mol. The van der Waals surface area contributed by atoms with Crippen LogP contribution in [0.4, 0.5) is 11.5 Å². The molecule has 2 aromatic heterocycles. The van der Waals surface area contributed by atoms with Crippen molar-refractivity contribution in [2.75, 3.05) is 23.9 Å². The number of rotatable bonds is 5. The number of aromatic amines is 1. The Balaban J connectivity index is 1.45. The minimum Gasteiger partial charge on any atom is -0.481 e. The third-order valence-corrected chi connectivity index (χ3v) is 4.81. The van der Waals surface area contributed by atoms with Crippen LogP contribution in [-0.2, 0) is 0 Å². The molecule has 26 heavy (non-hydrogen) atoms. The van der Waals surface area contributed by atoms with Crippen molar-refractivity contribution in [1.29, 1.82) is 0 Å². The highest BCUT2D eigenvalue weighted by Gasteiger charge is 2.32. The fraction of sp³-hybridized carbons (Fsp3) is 0.278. The van der Waals surface area contributed by atoms with Crippen molar-refractivity contribution in [3.8, 4) is 5.88 Å². The Labute approximate surface area is 150 Å². The third-order valence-electron chi connectivity index (χ3n) is 4.81. The van der Waals surface area contributed by atoms with E-state index in [0.29, 0.717) is 18.3 Å². The van der Waals surface area contributed by atoms with Crippen molar-refractivity contribution in [2.24, 2.45) is 4.99 Å². The van der Waals surface area contributed by atoms with Gasteiger partial charge in [0.15, 0.2) is 5.82 Å². The number of ether oxygens (including phenoxy) is 1. The van der Waals surface area contributed by atoms with Gasteiger partial charge in [-0.05, 0) is 18.9 Å². The number of hydrogen-bond acceptors (Lipinski definition) is 6. The lowest BCUT2D eigenvalue weighted by atomic mass is 10.3. The highest BCUT2D eigenvalue weighted by Crippen LogP contribution is 2.39. The van der Waals surface area contributed by atoms with Crippen LogP contribution in [0.5, 0.6) is 5.88 Å². The number of H-pyrrole nitrogens is 1. The van der Waals surface area contributed by atoms with Crippen LogP contribution in [0.15, 0.2) is 53.8 Å². The second-order valence-corrected chi connectivity index (χ2v) is 6.64. The summed E-state index contributed by atoms with van der Waals surface area (Å²) in [4.78, 5) is 11.9. The third kappa shape index (κ3) is 2.74. The first-order chi connectivity index (χ1) is 12.8. The maximum atomic E-state index is 5.25. The van der Waals surface area contributed by atoms with Crippen molar-refractivity contribution in [3.05, 3.63) is 54.5 Å². The van der Waals surface area contributed by atoms with Crippen molar-refractivity contribution >= 4 is 17.3 Å². The molecule has 8 heteroatoms. The topological polar surface area (TPSA) is 82.9 Å². The summed E-state index contributed by atoms with van der Waals surface area (Å²) in [5.41, 5.74) is 2.21. The largest absolute Gasteiger partial charge is 0.481 e. The van der Waals surface area contributed by atoms with Gasteiger partial charge in [-0.25, -0.2) is 14.9 Å². The minimum atomic E-state index is 0.591. The molecule has 0 aromatic carbocycles. The Morgan fingerprint density at radius 3 is 3.12 bits per heavy atom. The summed E-state index contributed by atoms with van der Waals surface area (Å²) in [6.45, 7) is 0.703. The normalized spacial score (nSPS) is 21.3. The van der Waals surface area contributed by atoms with Crippen LogP contribution in [0.3, 0.4) is 0 Å². The van der Waals surface area contributed by atoms with Crippen molar-refractivity contribution in [1.82, 2.24) is 15.2 Å². The van der Waals surface area contributed by atoms with E-state index in [1.807, 2.05) is 24.5 Å². The Bertz CT molecular complexity index is 925. The molecule has 1 fully saturated rings. The van der Waals surface area contributed by atoms with E-state index in [1.165, 1.54) is 18.5 Å². The van der Waals surface area contributed by atoms with E-state index in [0.717, 1.165) is 28.1 Å². The lowest BCUT2D eigenvalue weighted by molar-refractivity contribution is -0.698. The second kappa shape index (κ2) is 5.99. The molecule has 3 aliphatic rings. The number of fused-ring (bicyclic) bond motifs is 1. The molecule has 1 aliphatic carbocycles. The molecule has 3 N–H and O–H groups in total. The van der Waals surface area contributed by atoms with Crippen LogP contribution < -0.4 is 19.9 Å². The monoisotopic (exact) mass is 350 g/mol. The van der Waals surface area contributed by atoms with Gasteiger partial charge in [0.05, 0.1) is 19.5 Å². The van der Waals surface area contributed by atoms with Gasteiger partial charge < -0.3 is 9.64 Å². The van der Waals surface area contributed by atoms with Gasteiger partial charge in [0.25, 0.3) is 0 Å². The Morgan fingerprint density at radius 1 is 1.35 bits per heavy atom. The van der Waals surface area contributed by atoms with E-state index in [4.69, 9.17) is 4.74 Å². The number of nitrogens with one attached hydrogen (secondary N) is 3. The zero-order valence-electron chi connectivity index (χ0n) is 14.4. The number of methoxy groups -OCH3 is 1. The average Bonchev–Trinajstić information content (AvgIpc) is 3.23. The number of quaternary nitrogens is 1. The molecule has 8 nitrogen and oxygen atoms in total. The molecule has 2 aliphatic heterocycles. The quantitative estimate of drug-likeness (QED) is 0.755. The van der Waals surface area contributed by atoms with Crippen LogP contribution in [0, 0.1) is 0 Å². The zero-order valence-corrected chi connectivity index (χ0v) is 14.4. The number of anilines is 2. The highest BCUT2D eigenvalue weighted by molar-refractivity contribution is 5.84. The number of amidine groups is 1. The smallest absolute Gasteiger partial charge is 0.232 e. The van der Waals surface area contributed by atoms with E-state index in [2.05, 4.69) is 42.7 Å². The predicted octanol–water partition coefficient (Wildman–Crippen LogP) is 1.19. The summed E-state index contributed by atoms with van der Waals surface area (Å²) in [5, 5.41) is 11.0. The lowest BCUT2D eigenvalue weighted by Gasteiger charge is -2.28. The van der Waals surface area contributed by atoms with E-state index in [1.54, 1.807) is 13.3 Å². The average molecular weight is 350 g/mol. The van der Waals surface area contributed by atoms with Gasteiger partial charge in [-0.2, -0.15) is 5.10 Å². The first-order valence-corrected chi connectivity index (χ1v) is 8.72. The molecule has 1 unspecified atom stereocenters. The first-order valence-electron chi connectivity index (χ1n) is 8.72. The number of aliphatic imine (C=N–C) groups is 1. The first kappa shape index (κ1) is 15.2. The van der Waals surface area contributed by atoms with Crippen LogP contribution in [0.2, 0.25) is 0 Å². The van der Waals surface area contributed by atoms with Gasteiger partial charge in [-0.3, -0.25) is 10.4 Å². The summed E-state index contributed by atoms with van der Waals surface area (Å²) in [6, 6.07) is 5.98. The van der Waals surface area contributed by atoms with Crippen molar-refractivity contribution < 1.29 is 9.64 Å². The Kier molecular flexibility index (Phi) is 3.49. The second-order valence-electron chi connectivity index (χ2n) is 6.64. The van der Waals surface area contributed by atoms with Crippen LogP contribution in [0.25, 0.3) is 0 Å². The van der Waals surface area contributed by atoms with Gasteiger partial charge in [-0.15, -0.1) is 0 Å². The maximum absolute atomic E-state index is 5.25. The van der Waals surface area contributed by atoms with Crippen molar-refractivity contribution in [3.63, 3.8) is 0 Å². The molecule has 2 aromatic rings. The molecular weight excluding hydrogens is 330 g/mol. The summed E-state index contributed by atoms with van der Waals surface area (Å²) >= 11 is 0. The molecule has 1 saturated carbocycles. The number of hydrogen-bond donors (Lipinski definition) is 3. The van der Waals surface area contributed by atoms with Crippen LogP contribution in [0.1, 0.15) is 24.5 Å². The summed E-state index contributed by atoms with van der Waals surface area (Å²) in [5.74, 6) is 4.08. The fourth-order valence-corrected chi connectivity index (χ4v) is 3.27. The molecule has 132 valence electrons. The molecule has 0 amide bonds. The number of aromatic nitrogens is 3. The van der Waals surface area contributed by atoms with Gasteiger partial charge in [-0.1, -0.05) is 0 Å². The standard InChI is InChI=1S/C18H19N7O/c1-26-18-8-13(4-5-20-18)24-10-16-19-6-7-25(16)17(11-24)21-15-9-14(22-23-15)12-2-3-12/h4-9,11-12H,2-3,10H2,1H3,(H2,21,22,23)/p+1. The SMILES string of the molecule is COc1cc(N2C=C(Nc3cc(C4CC4)[nH]n3)[NH+]3C=CN=C3C2)ccn1. The van der Waals surface area contributed by atoms with E-state index in [-0.39, 0.29) is 0 Å². The molecule has 4 heterocycles. The van der Waals surface area contributed by atoms with E-state index in [9.17, 15) is 0 Å². The fourth-order valence-electron chi connectivity index (χ4n) is 3.27. The van der Waals surface area contributed by atoms with Gasteiger partial charge in [0, 0.05) is 35.6 Å². The van der Waals surface area contributed by atoms with Gasteiger partial charge in [0.2, 0.25) is 17.5 Å². The molecule has 5 rings (SSSR count). The Hall–Kier alpha value is -3.13. The van der Waals surface area contributed by atoms with Crippen LogP contribution in [-0.4, -0.2) is 34.7 Å². The maximum Gasteiger partial charge on any atom is 0.232 e.